The molecule has 0 aromatic rings. The van der Waals surface area contributed by atoms with Crippen LogP contribution in [0.25, 0.3) is 0 Å². The van der Waals surface area contributed by atoms with E-state index in [1.807, 2.05) is 0 Å². The summed E-state index contributed by atoms with van der Waals surface area (Å²) in [4.78, 5) is 22.2. The molecule has 110 valence electrons. The van der Waals surface area contributed by atoms with Gasteiger partial charge in [0.2, 0.25) is 0 Å². The molecule has 0 atom stereocenters. The number of hydrogen-bond acceptors (Lipinski definition) is 4. The van der Waals surface area contributed by atoms with Gasteiger partial charge in [-0.2, -0.15) is 0 Å². The summed E-state index contributed by atoms with van der Waals surface area (Å²) in [6.45, 7) is 5.29. The molecule has 0 aliphatic heterocycles. The highest BCUT2D eigenvalue weighted by molar-refractivity contribution is 5.98. The number of carbonyl (C=O) groups is 2. The van der Waals surface area contributed by atoms with E-state index < -0.39 is 0 Å². The molecule has 4 nitrogen and oxygen atoms in total. The summed E-state index contributed by atoms with van der Waals surface area (Å²) in [5.41, 5.74) is -0.00609. The van der Waals surface area contributed by atoms with E-state index in [0.717, 1.165) is 0 Å². The summed E-state index contributed by atoms with van der Waals surface area (Å²) < 4.78 is 0. The van der Waals surface area contributed by atoms with Gasteiger partial charge < -0.3 is 10.2 Å². The number of aliphatic hydroxyl groups is 2. The largest absolute Gasteiger partial charge is 0.511 e. The molecule has 4 heteroatoms. The Kier molecular flexibility index (Phi) is 8.10. The summed E-state index contributed by atoms with van der Waals surface area (Å²) in [6.07, 6.45) is 0. The lowest BCUT2D eigenvalue weighted by Crippen LogP contribution is -1.97. The van der Waals surface area contributed by atoms with Crippen LogP contribution in [0, 0.1) is 47.4 Å². The molecule has 0 heterocycles. The van der Waals surface area contributed by atoms with E-state index in [0.29, 0.717) is 0 Å². The predicted octanol–water partition coefficient (Wildman–Crippen LogP) is 1.84. The second-order valence-corrected chi connectivity index (χ2v) is 4.03. The van der Waals surface area contributed by atoms with Crippen molar-refractivity contribution >= 4 is 11.6 Å². The molecule has 0 spiro atoms. The van der Waals surface area contributed by atoms with Crippen LogP contribution in [-0.4, -0.2) is 21.8 Å². The Balaban J connectivity index is 5.02. The van der Waals surface area contributed by atoms with Gasteiger partial charge in [0.25, 0.3) is 0 Å². The van der Waals surface area contributed by atoms with Crippen LogP contribution in [-0.2, 0) is 9.59 Å². The van der Waals surface area contributed by atoms with Crippen molar-refractivity contribution in [2.24, 2.45) is 0 Å². The van der Waals surface area contributed by atoms with E-state index >= 15 is 0 Å². The second kappa shape index (κ2) is 9.55. The van der Waals surface area contributed by atoms with Crippen molar-refractivity contribution < 1.29 is 19.8 Å². The summed E-state index contributed by atoms with van der Waals surface area (Å²) in [6, 6.07) is 0. The molecule has 22 heavy (non-hydrogen) atoms. The Morgan fingerprint density at radius 2 is 0.864 bits per heavy atom. The minimum absolute atomic E-state index is 0.00305. The average Bonchev–Trinajstić information content (AvgIpc) is 2.38. The lowest BCUT2D eigenvalue weighted by Gasteiger charge is -1.92. The third-order valence-corrected chi connectivity index (χ3v) is 2.12. The maximum atomic E-state index is 11.1. The average molecular weight is 294 g/mol. The minimum Gasteiger partial charge on any atom is -0.511 e. The molecule has 0 saturated heterocycles. The maximum absolute atomic E-state index is 11.1. The lowest BCUT2D eigenvalue weighted by atomic mass is 10.1. The van der Waals surface area contributed by atoms with Crippen molar-refractivity contribution in [1.82, 2.24) is 0 Å². The smallest absolute Gasteiger partial charge is 0.171 e. The van der Waals surface area contributed by atoms with Gasteiger partial charge in [0.15, 0.2) is 11.6 Å². The lowest BCUT2D eigenvalue weighted by molar-refractivity contribution is -0.114. The van der Waals surface area contributed by atoms with Crippen LogP contribution >= 0.6 is 0 Å². The quantitative estimate of drug-likeness (QED) is 0.463. The molecule has 0 aliphatic rings. The second-order valence-electron chi connectivity index (χ2n) is 4.03. The summed E-state index contributed by atoms with van der Waals surface area (Å²) in [5.74, 6) is 18.1. The fraction of sp³-hybridized carbons (Fsp3) is 0.222. The van der Waals surface area contributed by atoms with Gasteiger partial charge in [0, 0.05) is 0 Å². The molecular formula is C18H14O4. The highest BCUT2D eigenvalue weighted by atomic mass is 16.3. The SMILES string of the molecule is CC(=O)/C(C#CC#CC#CC#C/C(C(C)=O)=C(/C)O)=C(/C)O. The van der Waals surface area contributed by atoms with Crippen molar-refractivity contribution in [3.8, 4) is 47.4 Å². The van der Waals surface area contributed by atoms with Gasteiger partial charge in [-0.05, 0) is 75.1 Å². The Hall–Kier alpha value is -3.34. The highest BCUT2D eigenvalue weighted by Gasteiger charge is 2.03. The first kappa shape index (κ1) is 18.7. The minimum atomic E-state index is -0.353. The van der Waals surface area contributed by atoms with E-state index in [1.54, 1.807) is 0 Å². The monoisotopic (exact) mass is 294 g/mol. The van der Waals surface area contributed by atoms with Crippen molar-refractivity contribution in [2.75, 3.05) is 0 Å². The van der Waals surface area contributed by atoms with Crippen LogP contribution in [0.3, 0.4) is 0 Å². The van der Waals surface area contributed by atoms with Crippen LogP contribution in [0.2, 0.25) is 0 Å². The van der Waals surface area contributed by atoms with E-state index in [-0.39, 0.29) is 34.2 Å². The highest BCUT2D eigenvalue weighted by Crippen LogP contribution is 2.00. The molecule has 0 unspecified atom stereocenters. The fourth-order valence-corrected chi connectivity index (χ4v) is 1.18. The van der Waals surface area contributed by atoms with Gasteiger partial charge in [-0.1, -0.05) is 0 Å². The molecular weight excluding hydrogens is 280 g/mol. The zero-order chi connectivity index (χ0) is 17.1. The Morgan fingerprint density at radius 1 is 0.591 bits per heavy atom. The van der Waals surface area contributed by atoms with Gasteiger partial charge in [-0.25, -0.2) is 0 Å². The van der Waals surface area contributed by atoms with Crippen LogP contribution in [0.15, 0.2) is 22.7 Å². The van der Waals surface area contributed by atoms with E-state index in [4.69, 9.17) is 0 Å². The summed E-state index contributed by atoms with van der Waals surface area (Å²) in [7, 11) is 0. The van der Waals surface area contributed by atoms with Crippen LogP contribution in [0.4, 0.5) is 0 Å². The van der Waals surface area contributed by atoms with Crippen LogP contribution in [0.5, 0.6) is 0 Å². The summed E-state index contributed by atoms with van der Waals surface area (Å²) >= 11 is 0. The van der Waals surface area contributed by atoms with Crippen molar-refractivity contribution in [3.63, 3.8) is 0 Å². The van der Waals surface area contributed by atoms with Crippen LogP contribution < -0.4 is 0 Å². The molecule has 0 bridgehead atoms. The van der Waals surface area contributed by atoms with Gasteiger partial charge in [0.1, 0.15) is 22.7 Å². The number of hydrogen-bond donors (Lipinski definition) is 2. The van der Waals surface area contributed by atoms with E-state index in [9.17, 15) is 19.8 Å². The van der Waals surface area contributed by atoms with Crippen molar-refractivity contribution in [3.05, 3.63) is 22.7 Å². The van der Waals surface area contributed by atoms with E-state index in [1.165, 1.54) is 27.7 Å². The molecule has 0 saturated carbocycles. The molecule has 0 radical (unpaired) electrons. The number of ketones is 2. The Bertz CT molecular complexity index is 714. The molecule has 0 aromatic carbocycles. The van der Waals surface area contributed by atoms with Gasteiger partial charge in [-0.3, -0.25) is 9.59 Å². The Morgan fingerprint density at radius 3 is 1.09 bits per heavy atom. The standard InChI is InChI=1S/C18H14O4/c1-13(19)17(14(2)20)11-9-7-5-6-8-10-12-18(15(3)21)16(4)22/h19,21H,1-4H3/b17-13-,18-15+. The van der Waals surface area contributed by atoms with Gasteiger partial charge in [-0.15, -0.1) is 0 Å². The number of rotatable bonds is 2. The number of allylic oxidation sites excluding steroid dienone is 4. The van der Waals surface area contributed by atoms with Gasteiger partial charge in [0.05, 0.1) is 0 Å². The summed E-state index contributed by atoms with van der Waals surface area (Å²) in [5, 5.41) is 18.4. The number of carbonyl (C=O) groups excluding carboxylic acids is 2. The first-order chi connectivity index (χ1) is 10.3. The van der Waals surface area contributed by atoms with Crippen molar-refractivity contribution in [1.29, 1.82) is 0 Å². The molecule has 0 rings (SSSR count). The van der Waals surface area contributed by atoms with E-state index in [2.05, 4.69) is 47.4 Å². The van der Waals surface area contributed by atoms with Crippen LogP contribution in [0.1, 0.15) is 27.7 Å². The number of Topliss-reactive ketones (excluding diaryl/α,β-unsaturated/α-hetero) is 2. The molecule has 2 N–H and O–H groups in total. The fourth-order valence-electron chi connectivity index (χ4n) is 1.18. The molecule has 0 fully saturated rings. The molecule has 0 aliphatic carbocycles. The number of aliphatic hydroxyl groups excluding tert-OH is 2. The van der Waals surface area contributed by atoms with Crippen molar-refractivity contribution in [2.45, 2.75) is 27.7 Å². The normalized spacial score (nSPS) is 10.5. The first-order valence-corrected chi connectivity index (χ1v) is 6.11. The topological polar surface area (TPSA) is 74.6 Å². The predicted molar refractivity (Wildman–Crippen MR) is 83.1 cm³/mol. The zero-order valence-electron chi connectivity index (χ0n) is 12.7. The molecule has 0 aromatic heterocycles. The zero-order valence-corrected chi connectivity index (χ0v) is 12.7. The Labute approximate surface area is 129 Å². The first-order valence-electron chi connectivity index (χ1n) is 6.11. The third kappa shape index (κ3) is 7.30. The third-order valence-electron chi connectivity index (χ3n) is 2.12. The maximum Gasteiger partial charge on any atom is 0.171 e. The molecule has 0 amide bonds. The van der Waals surface area contributed by atoms with Gasteiger partial charge >= 0.3 is 0 Å².